The van der Waals surface area contributed by atoms with Crippen LogP contribution in [0.3, 0.4) is 0 Å². The van der Waals surface area contributed by atoms with E-state index < -0.39 is 0 Å². The van der Waals surface area contributed by atoms with E-state index in [-0.39, 0.29) is 18.0 Å². The van der Waals surface area contributed by atoms with E-state index in [4.69, 9.17) is 4.74 Å². The quantitative estimate of drug-likeness (QED) is 0.834. The highest BCUT2D eigenvalue weighted by molar-refractivity contribution is 5.92. The molecule has 8 nitrogen and oxygen atoms in total. The number of rotatable bonds is 5. The Labute approximate surface area is 153 Å². The first-order chi connectivity index (χ1) is 12.7. The molecule has 2 amide bonds. The van der Waals surface area contributed by atoms with E-state index in [0.717, 1.165) is 18.7 Å². The molecule has 0 aromatic carbocycles. The molecule has 1 aliphatic heterocycles. The maximum atomic E-state index is 12.3. The van der Waals surface area contributed by atoms with Crippen LogP contribution in [0.2, 0.25) is 0 Å². The number of aromatic nitrogens is 2. The number of carbonyl (C=O) groups excluding carboxylic acids is 2. The number of hydrogen-bond donors (Lipinski definition) is 2. The molecule has 2 fully saturated rings. The molecule has 0 unspecified atom stereocenters. The van der Waals surface area contributed by atoms with Crippen molar-refractivity contribution < 1.29 is 14.3 Å². The van der Waals surface area contributed by atoms with Gasteiger partial charge in [-0.25, -0.2) is 14.8 Å². The molecule has 1 saturated carbocycles. The predicted octanol–water partition coefficient (Wildman–Crippen LogP) is 2.18. The summed E-state index contributed by atoms with van der Waals surface area (Å²) in [4.78, 5) is 34.3. The molecule has 0 spiro atoms. The standard InChI is InChI=1S/C18H27N5O3/c1-2-26-18(25)23-9-7-14(8-10-23)22-17(24)15-11-20-16(12-19-15)21-13-5-3-4-6-13/h11-14H,2-10H2,1H3,(H,20,21)(H,22,24). The van der Waals surface area contributed by atoms with Crippen LogP contribution in [-0.2, 0) is 4.74 Å². The van der Waals surface area contributed by atoms with Gasteiger partial charge in [0.1, 0.15) is 11.5 Å². The highest BCUT2D eigenvalue weighted by Gasteiger charge is 2.25. The molecule has 0 atom stereocenters. The van der Waals surface area contributed by atoms with E-state index in [0.29, 0.717) is 44.3 Å². The summed E-state index contributed by atoms with van der Waals surface area (Å²) in [5.41, 5.74) is 0.315. The van der Waals surface area contributed by atoms with E-state index >= 15 is 0 Å². The Balaban J connectivity index is 1.45. The zero-order valence-electron chi connectivity index (χ0n) is 15.2. The maximum absolute atomic E-state index is 12.3. The largest absolute Gasteiger partial charge is 0.450 e. The third-order valence-electron chi connectivity index (χ3n) is 4.95. The second kappa shape index (κ2) is 8.82. The summed E-state index contributed by atoms with van der Waals surface area (Å²) in [6.45, 7) is 3.33. The fourth-order valence-corrected chi connectivity index (χ4v) is 3.48. The SMILES string of the molecule is CCOC(=O)N1CCC(NC(=O)c2cnc(NC3CCCC3)cn2)CC1. The molecule has 2 aliphatic rings. The predicted molar refractivity (Wildman–Crippen MR) is 97.0 cm³/mol. The molecule has 1 aromatic heterocycles. The topological polar surface area (TPSA) is 96.5 Å². The lowest BCUT2D eigenvalue weighted by Crippen LogP contribution is -2.46. The van der Waals surface area contributed by atoms with Gasteiger partial charge in [-0.15, -0.1) is 0 Å². The van der Waals surface area contributed by atoms with Gasteiger partial charge >= 0.3 is 6.09 Å². The number of nitrogens with one attached hydrogen (secondary N) is 2. The van der Waals surface area contributed by atoms with Crippen LogP contribution in [0.4, 0.5) is 10.6 Å². The molecule has 1 aliphatic carbocycles. The van der Waals surface area contributed by atoms with E-state index in [1.165, 1.54) is 19.0 Å². The van der Waals surface area contributed by atoms with Crippen molar-refractivity contribution in [2.24, 2.45) is 0 Å². The van der Waals surface area contributed by atoms with Crippen LogP contribution in [-0.4, -0.2) is 58.6 Å². The summed E-state index contributed by atoms with van der Waals surface area (Å²) in [6.07, 6.45) is 9.09. The van der Waals surface area contributed by atoms with Crippen molar-refractivity contribution in [3.63, 3.8) is 0 Å². The summed E-state index contributed by atoms with van der Waals surface area (Å²) >= 11 is 0. The van der Waals surface area contributed by atoms with E-state index in [1.807, 2.05) is 0 Å². The fourth-order valence-electron chi connectivity index (χ4n) is 3.48. The van der Waals surface area contributed by atoms with Gasteiger partial charge < -0.3 is 20.3 Å². The Morgan fingerprint density at radius 1 is 1.12 bits per heavy atom. The highest BCUT2D eigenvalue weighted by Crippen LogP contribution is 2.21. The number of carbonyl (C=O) groups is 2. The second-order valence-electron chi connectivity index (χ2n) is 6.85. The average molecular weight is 361 g/mol. The van der Waals surface area contributed by atoms with Gasteiger partial charge in [-0.2, -0.15) is 0 Å². The van der Waals surface area contributed by atoms with Crippen molar-refractivity contribution in [1.29, 1.82) is 0 Å². The van der Waals surface area contributed by atoms with Crippen molar-refractivity contribution in [3.8, 4) is 0 Å². The summed E-state index contributed by atoms with van der Waals surface area (Å²) in [6, 6.07) is 0.500. The van der Waals surface area contributed by atoms with Crippen molar-refractivity contribution in [3.05, 3.63) is 18.1 Å². The monoisotopic (exact) mass is 361 g/mol. The number of ether oxygens (including phenoxy) is 1. The molecule has 8 heteroatoms. The zero-order valence-corrected chi connectivity index (χ0v) is 15.2. The first-order valence-corrected chi connectivity index (χ1v) is 9.47. The van der Waals surface area contributed by atoms with Crippen LogP contribution in [0.25, 0.3) is 0 Å². The average Bonchev–Trinajstić information content (AvgIpc) is 3.16. The molecule has 142 valence electrons. The van der Waals surface area contributed by atoms with Crippen molar-refractivity contribution >= 4 is 17.8 Å². The molecular weight excluding hydrogens is 334 g/mol. The van der Waals surface area contributed by atoms with Gasteiger partial charge in [0.05, 0.1) is 19.0 Å². The summed E-state index contributed by atoms with van der Waals surface area (Å²) in [5.74, 6) is 0.496. The maximum Gasteiger partial charge on any atom is 0.409 e. The van der Waals surface area contributed by atoms with E-state index in [1.54, 1.807) is 18.0 Å². The Bertz CT molecular complexity index is 608. The van der Waals surface area contributed by atoms with Gasteiger partial charge in [-0.05, 0) is 32.6 Å². The summed E-state index contributed by atoms with van der Waals surface area (Å²) < 4.78 is 5.00. The number of anilines is 1. The van der Waals surface area contributed by atoms with E-state index in [9.17, 15) is 9.59 Å². The van der Waals surface area contributed by atoms with Crippen LogP contribution in [0.5, 0.6) is 0 Å². The molecule has 26 heavy (non-hydrogen) atoms. The molecule has 0 bridgehead atoms. The highest BCUT2D eigenvalue weighted by atomic mass is 16.6. The molecular formula is C18H27N5O3. The minimum absolute atomic E-state index is 0.0336. The molecule has 3 rings (SSSR count). The summed E-state index contributed by atoms with van der Waals surface area (Å²) in [5, 5.41) is 6.34. The Morgan fingerprint density at radius 2 is 1.85 bits per heavy atom. The lowest BCUT2D eigenvalue weighted by atomic mass is 10.1. The Morgan fingerprint density at radius 3 is 2.46 bits per heavy atom. The van der Waals surface area contributed by atoms with Crippen LogP contribution < -0.4 is 10.6 Å². The normalized spacial score (nSPS) is 18.6. The number of amides is 2. The van der Waals surface area contributed by atoms with Gasteiger partial charge in [-0.3, -0.25) is 4.79 Å². The minimum Gasteiger partial charge on any atom is -0.450 e. The van der Waals surface area contributed by atoms with Crippen LogP contribution in [0, 0.1) is 0 Å². The molecule has 0 radical (unpaired) electrons. The van der Waals surface area contributed by atoms with Gasteiger partial charge in [-0.1, -0.05) is 12.8 Å². The Kier molecular flexibility index (Phi) is 6.25. The Hall–Kier alpha value is -2.38. The van der Waals surface area contributed by atoms with Crippen LogP contribution in [0.15, 0.2) is 12.4 Å². The van der Waals surface area contributed by atoms with Gasteiger partial charge in [0.2, 0.25) is 0 Å². The second-order valence-corrected chi connectivity index (χ2v) is 6.85. The first kappa shape index (κ1) is 18.4. The number of hydrogen-bond acceptors (Lipinski definition) is 6. The minimum atomic E-state index is -0.284. The van der Waals surface area contributed by atoms with Crippen molar-refractivity contribution in [2.75, 3.05) is 25.0 Å². The third kappa shape index (κ3) is 4.83. The fraction of sp³-hybridized carbons (Fsp3) is 0.667. The van der Waals surface area contributed by atoms with Crippen LogP contribution >= 0.6 is 0 Å². The number of piperidine rings is 1. The third-order valence-corrected chi connectivity index (χ3v) is 4.95. The van der Waals surface area contributed by atoms with Gasteiger partial charge in [0.25, 0.3) is 5.91 Å². The first-order valence-electron chi connectivity index (χ1n) is 9.47. The number of likely N-dealkylation sites (tertiary alicyclic amines) is 1. The molecule has 1 aromatic rings. The van der Waals surface area contributed by atoms with Crippen molar-refractivity contribution in [2.45, 2.75) is 57.5 Å². The molecule has 2 N–H and O–H groups in total. The number of nitrogens with zero attached hydrogens (tertiary/aromatic N) is 3. The summed E-state index contributed by atoms with van der Waals surface area (Å²) in [7, 11) is 0. The van der Waals surface area contributed by atoms with Crippen molar-refractivity contribution in [1.82, 2.24) is 20.2 Å². The molecule has 1 saturated heterocycles. The van der Waals surface area contributed by atoms with E-state index in [2.05, 4.69) is 20.6 Å². The zero-order chi connectivity index (χ0) is 18.4. The lowest BCUT2D eigenvalue weighted by molar-refractivity contribution is 0.0856. The van der Waals surface area contributed by atoms with Crippen LogP contribution in [0.1, 0.15) is 55.9 Å². The van der Waals surface area contributed by atoms with Gasteiger partial charge in [0, 0.05) is 25.2 Å². The lowest BCUT2D eigenvalue weighted by Gasteiger charge is -2.31. The molecule has 2 heterocycles. The van der Waals surface area contributed by atoms with Gasteiger partial charge in [0.15, 0.2) is 0 Å². The smallest absolute Gasteiger partial charge is 0.409 e.